The van der Waals surface area contributed by atoms with Crippen molar-refractivity contribution < 1.29 is 19.2 Å². The quantitative estimate of drug-likeness (QED) is 0.221. The molecule has 6 rings (SSSR count). The summed E-state index contributed by atoms with van der Waals surface area (Å²) in [6, 6.07) is 15.2. The molecule has 2 aromatic carbocycles. The lowest BCUT2D eigenvalue weighted by molar-refractivity contribution is -0.132. The van der Waals surface area contributed by atoms with Gasteiger partial charge in [-0.3, -0.25) is 19.2 Å². The highest BCUT2D eigenvalue weighted by molar-refractivity contribution is 7.07. The van der Waals surface area contributed by atoms with Crippen LogP contribution in [-0.2, 0) is 38.6 Å². The standard InChI is InChI=1S/C37H43N5O4S/c1-23(2)41-21-27(28-10-5-6-11-30(28)41)18-29(39-36(46)37(3,4)38)32(43)19-26-17-25-9-7-12-31(40-15-8-13-33(40)44)34(25)42(35(26)45)20-24-14-16-47-22-24/h5-7,9-12,14,16,21-23,26,29H,8,13,15,17-20,38H2,1-4H3,(H,39,46)/t26?,29-/m1/s1. The number of benzene rings is 2. The highest BCUT2D eigenvalue weighted by Gasteiger charge is 2.39. The van der Waals surface area contributed by atoms with Crippen LogP contribution >= 0.6 is 11.3 Å². The van der Waals surface area contributed by atoms with E-state index < -0.39 is 23.4 Å². The molecule has 9 nitrogen and oxygen atoms in total. The number of aromatic nitrogens is 1. The smallest absolute Gasteiger partial charge is 0.240 e. The summed E-state index contributed by atoms with van der Waals surface area (Å²) in [7, 11) is 0. The average Bonchev–Trinajstić information content (AvgIpc) is 3.78. The minimum Gasteiger partial charge on any atom is -0.345 e. The van der Waals surface area contributed by atoms with Crippen LogP contribution in [0.5, 0.6) is 0 Å². The molecule has 1 unspecified atom stereocenters. The Kier molecular flexibility index (Phi) is 9.09. The fraction of sp³-hybridized carbons (Fsp3) is 0.405. The van der Waals surface area contributed by atoms with Gasteiger partial charge in [0.25, 0.3) is 0 Å². The van der Waals surface area contributed by atoms with Gasteiger partial charge >= 0.3 is 0 Å². The van der Waals surface area contributed by atoms with Crippen LogP contribution < -0.4 is 20.9 Å². The summed E-state index contributed by atoms with van der Waals surface area (Å²) < 4.78 is 2.17. The van der Waals surface area contributed by atoms with E-state index in [0.29, 0.717) is 25.9 Å². The maximum absolute atomic E-state index is 14.4. The van der Waals surface area contributed by atoms with E-state index in [1.54, 1.807) is 35.0 Å². The molecule has 246 valence electrons. The number of carbonyl (C=O) groups is 4. The van der Waals surface area contributed by atoms with Crippen LogP contribution in [0.25, 0.3) is 10.9 Å². The molecule has 1 saturated heterocycles. The number of thiophene rings is 1. The molecule has 0 aliphatic carbocycles. The number of Topliss-reactive ketones (excluding diaryl/α,β-unsaturated/α-hetero) is 1. The topological polar surface area (TPSA) is 118 Å². The second-order valence-electron chi connectivity index (χ2n) is 13.7. The van der Waals surface area contributed by atoms with Gasteiger partial charge in [0.2, 0.25) is 17.7 Å². The summed E-state index contributed by atoms with van der Waals surface area (Å²) in [5.74, 6) is -1.37. The summed E-state index contributed by atoms with van der Waals surface area (Å²) in [5, 5.41) is 7.95. The van der Waals surface area contributed by atoms with Gasteiger partial charge in [0.05, 0.1) is 29.5 Å². The molecule has 0 bridgehead atoms. The van der Waals surface area contributed by atoms with Crippen LogP contribution in [0.4, 0.5) is 11.4 Å². The van der Waals surface area contributed by atoms with E-state index in [4.69, 9.17) is 5.73 Å². The molecule has 2 aromatic heterocycles. The van der Waals surface area contributed by atoms with Gasteiger partial charge in [-0.25, -0.2) is 0 Å². The Morgan fingerprint density at radius 3 is 2.55 bits per heavy atom. The molecule has 4 heterocycles. The Hall–Kier alpha value is -4.28. The first kappa shape index (κ1) is 32.7. The molecule has 10 heteroatoms. The highest BCUT2D eigenvalue weighted by Crippen LogP contribution is 2.42. The number of anilines is 2. The van der Waals surface area contributed by atoms with Gasteiger partial charge < -0.3 is 25.4 Å². The van der Waals surface area contributed by atoms with Crippen molar-refractivity contribution in [2.45, 2.75) is 84.0 Å². The van der Waals surface area contributed by atoms with Gasteiger partial charge in [0.1, 0.15) is 0 Å². The maximum Gasteiger partial charge on any atom is 0.240 e. The van der Waals surface area contributed by atoms with Gasteiger partial charge in [-0.1, -0.05) is 30.3 Å². The molecule has 2 aliphatic heterocycles. The van der Waals surface area contributed by atoms with Crippen LogP contribution in [0, 0.1) is 5.92 Å². The Morgan fingerprint density at radius 1 is 1.09 bits per heavy atom. The number of rotatable bonds is 11. The number of hydrogen-bond donors (Lipinski definition) is 2. The molecule has 3 N–H and O–H groups in total. The maximum atomic E-state index is 14.4. The van der Waals surface area contributed by atoms with Crippen molar-refractivity contribution in [2.24, 2.45) is 11.7 Å². The molecule has 0 radical (unpaired) electrons. The molecule has 3 amide bonds. The summed E-state index contributed by atoms with van der Waals surface area (Å²) in [5.41, 5.74) is 10.4. The van der Waals surface area contributed by atoms with E-state index in [1.165, 1.54) is 0 Å². The van der Waals surface area contributed by atoms with Crippen LogP contribution in [0.1, 0.15) is 69.7 Å². The number of nitrogens with one attached hydrogen (secondary N) is 1. The number of hydrogen-bond acceptors (Lipinski definition) is 6. The van der Waals surface area contributed by atoms with Gasteiger partial charge in [-0.05, 0) is 86.2 Å². The fourth-order valence-corrected chi connectivity index (χ4v) is 7.46. The number of nitrogens with two attached hydrogens (primary N) is 1. The van der Waals surface area contributed by atoms with E-state index in [1.807, 2.05) is 53.2 Å². The minimum absolute atomic E-state index is 0.0376. The average molecular weight is 654 g/mol. The Morgan fingerprint density at radius 2 is 1.87 bits per heavy atom. The number of para-hydroxylation sites is 2. The molecule has 1 fully saturated rings. The first-order valence-corrected chi connectivity index (χ1v) is 17.3. The third-order valence-corrected chi connectivity index (χ3v) is 10.00. The van der Waals surface area contributed by atoms with Crippen LogP contribution in [-0.4, -0.2) is 46.2 Å². The SMILES string of the molecule is CC(C)n1cc(C[C@@H](NC(=O)C(C)(C)N)C(=O)CC2Cc3cccc(N4CCCC4=O)c3N(Cc3ccsc3)C2=O)c2ccccc21. The summed E-state index contributed by atoms with van der Waals surface area (Å²) in [6.45, 7) is 8.40. The Bertz CT molecular complexity index is 1820. The van der Waals surface area contributed by atoms with E-state index in [0.717, 1.165) is 45.4 Å². The van der Waals surface area contributed by atoms with Crippen LogP contribution in [0.15, 0.2) is 65.5 Å². The summed E-state index contributed by atoms with van der Waals surface area (Å²) >= 11 is 1.56. The van der Waals surface area contributed by atoms with Crippen molar-refractivity contribution >= 4 is 57.1 Å². The molecular weight excluding hydrogens is 611 g/mol. The molecule has 4 aromatic rings. The lowest BCUT2D eigenvalue weighted by Crippen LogP contribution is -2.55. The molecule has 47 heavy (non-hydrogen) atoms. The molecule has 2 atom stereocenters. The van der Waals surface area contributed by atoms with Crippen LogP contribution in [0.2, 0.25) is 0 Å². The normalized spacial score (nSPS) is 17.4. The second kappa shape index (κ2) is 13.1. The van der Waals surface area contributed by atoms with Crippen molar-refractivity contribution in [3.05, 3.63) is 82.2 Å². The molecule has 0 spiro atoms. The van der Waals surface area contributed by atoms with Gasteiger partial charge in [-0.2, -0.15) is 11.3 Å². The van der Waals surface area contributed by atoms with Crippen molar-refractivity contribution in [2.75, 3.05) is 16.3 Å². The zero-order valence-electron chi connectivity index (χ0n) is 27.5. The highest BCUT2D eigenvalue weighted by atomic mass is 32.1. The first-order valence-electron chi connectivity index (χ1n) is 16.4. The zero-order valence-corrected chi connectivity index (χ0v) is 28.3. The van der Waals surface area contributed by atoms with Gasteiger partial charge in [0.15, 0.2) is 5.78 Å². The van der Waals surface area contributed by atoms with Gasteiger partial charge in [-0.15, -0.1) is 0 Å². The minimum atomic E-state index is -1.19. The van der Waals surface area contributed by atoms with Crippen molar-refractivity contribution in [1.82, 2.24) is 9.88 Å². The first-order chi connectivity index (χ1) is 22.4. The van der Waals surface area contributed by atoms with Crippen LogP contribution in [0.3, 0.4) is 0 Å². The Balaban J connectivity index is 1.33. The number of amides is 3. The van der Waals surface area contributed by atoms with E-state index >= 15 is 0 Å². The third-order valence-electron chi connectivity index (χ3n) is 9.27. The third kappa shape index (κ3) is 6.62. The summed E-state index contributed by atoms with van der Waals surface area (Å²) in [4.78, 5) is 58.2. The fourth-order valence-electron chi connectivity index (χ4n) is 6.80. The number of fused-ring (bicyclic) bond motifs is 2. The van der Waals surface area contributed by atoms with Crippen molar-refractivity contribution in [1.29, 1.82) is 0 Å². The Labute approximate surface area is 279 Å². The van der Waals surface area contributed by atoms with Crippen molar-refractivity contribution in [3.63, 3.8) is 0 Å². The van der Waals surface area contributed by atoms with E-state index in [-0.39, 0.29) is 36.5 Å². The summed E-state index contributed by atoms with van der Waals surface area (Å²) in [6.07, 6.45) is 3.93. The molecule has 0 saturated carbocycles. The zero-order chi connectivity index (χ0) is 33.5. The number of nitrogens with zero attached hydrogens (tertiary/aromatic N) is 3. The number of carbonyl (C=O) groups excluding carboxylic acids is 4. The largest absolute Gasteiger partial charge is 0.345 e. The predicted octanol–water partition coefficient (Wildman–Crippen LogP) is 5.54. The predicted molar refractivity (Wildman–Crippen MR) is 187 cm³/mol. The molecule has 2 aliphatic rings. The number of ketones is 1. The van der Waals surface area contributed by atoms with Crippen molar-refractivity contribution in [3.8, 4) is 0 Å². The van der Waals surface area contributed by atoms with Gasteiger partial charge in [0, 0.05) is 54.9 Å². The molecular formula is C37H43N5O4S. The van der Waals surface area contributed by atoms with E-state index in [2.05, 4.69) is 36.0 Å². The second-order valence-corrected chi connectivity index (χ2v) is 14.5. The van der Waals surface area contributed by atoms with E-state index in [9.17, 15) is 19.2 Å². The lowest BCUT2D eigenvalue weighted by Gasteiger charge is -2.37. The lowest BCUT2D eigenvalue weighted by atomic mass is 9.85. The monoisotopic (exact) mass is 653 g/mol.